The third-order valence-corrected chi connectivity index (χ3v) is 3.80. The van der Waals surface area contributed by atoms with Crippen molar-refractivity contribution in [3.8, 4) is 5.88 Å². The van der Waals surface area contributed by atoms with E-state index in [1.807, 2.05) is 6.92 Å². The summed E-state index contributed by atoms with van der Waals surface area (Å²) in [5.74, 6) is 0.0631. The van der Waals surface area contributed by atoms with Crippen molar-refractivity contribution in [1.82, 2.24) is 9.55 Å². The molecule has 0 saturated heterocycles. The molecule has 0 atom stereocenters. The Morgan fingerprint density at radius 3 is 2.65 bits per heavy atom. The molecular weight excluding hydrogens is 236 g/mol. The van der Waals surface area contributed by atoms with Crippen LogP contribution >= 0.6 is 12.2 Å². The first-order valence-corrected chi connectivity index (χ1v) is 6.62. The van der Waals surface area contributed by atoms with Crippen molar-refractivity contribution in [1.29, 1.82) is 0 Å². The van der Waals surface area contributed by atoms with Crippen molar-refractivity contribution in [3.05, 3.63) is 20.7 Å². The first kappa shape index (κ1) is 12.4. The number of aromatic nitrogens is 2. The van der Waals surface area contributed by atoms with E-state index >= 15 is 0 Å². The molecule has 1 aromatic rings. The van der Waals surface area contributed by atoms with Gasteiger partial charge in [-0.05, 0) is 31.5 Å². The van der Waals surface area contributed by atoms with Crippen LogP contribution < -0.4 is 5.56 Å². The van der Waals surface area contributed by atoms with Gasteiger partial charge in [0.25, 0.3) is 5.56 Å². The molecular formula is C12H18N2O2S. The predicted octanol–water partition coefficient (Wildman–Crippen LogP) is 2.68. The number of H-pyrrole nitrogens is 1. The smallest absolute Gasteiger partial charge is 0.258 e. The minimum absolute atomic E-state index is 0.0631. The highest BCUT2D eigenvalue weighted by Gasteiger charge is 2.20. The summed E-state index contributed by atoms with van der Waals surface area (Å²) in [4.78, 5) is 14.3. The summed E-state index contributed by atoms with van der Waals surface area (Å²) in [5.41, 5.74) is 0.172. The number of aromatic hydroxyl groups is 1. The molecule has 0 radical (unpaired) electrons. The topological polar surface area (TPSA) is 58.0 Å². The molecule has 0 spiro atoms. The lowest BCUT2D eigenvalue weighted by Crippen LogP contribution is -2.22. The molecule has 0 bridgehead atoms. The SMILES string of the molecule is CCc1c(O)n(C2CCCCC2)c(=S)[nH]c1=O. The number of hydrogen-bond acceptors (Lipinski definition) is 3. The highest BCUT2D eigenvalue weighted by atomic mass is 32.1. The van der Waals surface area contributed by atoms with Crippen molar-refractivity contribution in [2.75, 3.05) is 0 Å². The van der Waals surface area contributed by atoms with Gasteiger partial charge in [0.15, 0.2) is 4.77 Å². The van der Waals surface area contributed by atoms with Gasteiger partial charge in [-0.3, -0.25) is 14.3 Å². The standard InChI is InChI=1S/C12H18N2O2S/c1-2-9-10(15)13-12(17)14(11(9)16)8-6-4-3-5-7-8/h8,16H,2-7H2,1H3,(H,13,15,17). The first-order chi connectivity index (χ1) is 8.15. The average molecular weight is 254 g/mol. The van der Waals surface area contributed by atoms with Crippen LogP contribution in [0, 0.1) is 4.77 Å². The third-order valence-electron chi connectivity index (χ3n) is 3.50. The van der Waals surface area contributed by atoms with Gasteiger partial charge in [0, 0.05) is 6.04 Å². The van der Waals surface area contributed by atoms with Crippen molar-refractivity contribution in [2.24, 2.45) is 0 Å². The van der Waals surface area contributed by atoms with Crippen molar-refractivity contribution in [3.63, 3.8) is 0 Å². The van der Waals surface area contributed by atoms with E-state index in [4.69, 9.17) is 12.2 Å². The largest absolute Gasteiger partial charge is 0.494 e. The molecule has 4 nitrogen and oxygen atoms in total. The van der Waals surface area contributed by atoms with Crippen LogP contribution in [0.4, 0.5) is 0 Å². The van der Waals surface area contributed by atoms with E-state index in [0.29, 0.717) is 16.8 Å². The van der Waals surface area contributed by atoms with E-state index in [-0.39, 0.29) is 17.5 Å². The van der Waals surface area contributed by atoms with Gasteiger partial charge in [-0.25, -0.2) is 0 Å². The molecule has 0 aliphatic heterocycles. The van der Waals surface area contributed by atoms with E-state index in [1.54, 1.807) is 4.57 Å². The molecule has 1 saturated carbocycles. The maximum atomic E-state index is 11.6. The van der Waals surface area contributed by atoms with E-state index < -0.39 is 0 Å². The Balaban J connectivity index is 2.52. The molecule has 2 N–H and O–H groups in total. The Bertz CT molecular complexity index is 512. The van der Waals surface area contributed by atoms with E-state index in [0.717, 1.165) is 25.7 Å². The van der Waals surface area contributed by atoms with E-state index in [2.05, 4.69) is 4.98 Å². The molecule has 1 aliphatic rings. The van der Waals surface area contributed by atoms with Gasteiger partial charge in [0.2, 0.25) is 5.88 Å². The van der Waals surface area contributed by atoms with Crippen LogP contribution in [0.1, 0.15) is 50.6 Å². The van der Waals surface area contributed by atoms with Gasteiger partial charge in [0.05, 0.1) is 5.56 Å². The van der Waals surface area contributed by atoms with Gasteiger partial charge < -0.3 is 5.11 Å². The molecule has 2 rings (SSSR count). The second-order valence-electron chi connectivity index (χ2n) is 4.58. The Morgan fingerprint density at radius 2 is 2.06 bits per heavy atom. The molecule has 5 heteroatoms. The van der Waals surface area contributed by atoms with E-state index in [1.165, 1.54) is 6.42 Å². The third kappa shape index (κ3) is 2.29. The number of nitrogens with zero attached hydrogens (tertiary/aromatic N) is 1. The zero-order chi connectivity index (χ0) is 12.4. The quantitative estimate of drug-likeness (QED) is 0.798. The lowest BCUT2D eigenvalue weighted by molar-refractivity contribution is 0.300. The Hall–Kier alpha value is -1.10. The van der Waals surface area contributed by atoms with Gasteiger partial charge in [-0.2, -0.15) is 0 Å². The van der Waals surface area contributed by atoms with Crippen LogP contribution in [0.15, 0.2) is 4.79 Å². The Labute approximate surface area is 105 Å². The Kier molecular flexibility index (Phi) is 3.66. The number of nitrogens with one attached hydrogen (secondary N) is 1. The number of rotatable bonds is 2. The summed E-state index contributed by atoms with van der Waals surface area (Å²) >= 11 is 5.16. The minimum atomic E-state index is -0.262. The van der Waals surface area contributed by atoms with Gasteiger partial charge in [-0.1, -0.05) is 26.2 Å². The minimum Gasteiger partial charge on any atom is -0.494 e. The molecule has 94 valence electrons. The highest BCUT2D eigenvalue weighted by Crippen LogP contribution is 2.31. The molecule has 1 heterocycles. The average Bonchev–Trinajstić information content (AvgIpc) is 2.30. The Morgan fingerprint density at radius 1 is 1.41 bits per heavy atom. The van der Waals surface area contributed by atoms with Gasteiger partial charge in [-0.15, -0.1) is 0 Å². The molecule has 0 aromatic carbocycles. The normalized spacial score (nSPS) is 17.2. The lowest BCUT2D eigenvalue weighted by atomic mass is 9.95. The monoisotopic (exact) mass is 254 g/mol. The van der Waals surface area contributed by atoms with Crippen LogP contribution in [-0.4, -0.2) is 14.7 Å². The van der Waals surface area contributed by atoms with Crippen LogP contribution in [0.25, 0.3) is 0 Å². The predicted molar refractivity (Wildman–Crippen MR) is 69.1 cm³/mol. The molecule has 1 aromatic heterocycles. The summed E-state index contributed by atoms with van der Waals surface area (Å²) < 4.78 is 2.07. The van der Waals surface area contributed by atoms with Crippen LogP contribution in [0.2, 0.25) is 0 Å². The fourth-order valence-corrected chi connectivity index (χ4v) is 2.90. The second-order valence-corrected chi connectivity index (χ2v) is 4.96. The van der Waals surface area contributed by atoms with Crippen molar-refractivity contribution >= 4 is 12.2 Å². The molecule has 0 amide bonds. The highest BCUT2D eigenvalue weighted by molar-refractivity contribution is 7.71. The second kappa shape index (κ2) is 5.04. The molecule has 1 fully saturated rings. The summed E-state index contributed by atoms with van der Waals surface area (Å²) in [6, 6.07) is 0.235. The molecule has 17 heavy (non-hydrogen) atoms. The van der Waals surface area contributed by atoms with Gasteiger partial charge >= 0.3 is 0 Å². The molecule has 1 aliphatic carbocycles. The molecule has 0 unspecified atom stereocenters. The first-order valence-electron chi connectivity index (χ1n) is 6.21. The van der Waals surface area contributed by atoms with Crippen LogP contribution in [0.5, 0.6) is 5.88 Å². The van der Waals surface area contributed by atoms with Crippen molar-refractivity contribution in [2.45, 2.75) is 51.5 Å². The number of hydrogen-bond donors (Lipinski definition) is 2. The summed E-state index contributed by atoms with van der Waals surface area (Å²) in [7, 11) is 0. The van der Waals surface area contributed by atoms with E-state index in [9.17, 15) is 9.90 Å². The summed E-state index contributed by atoms with van der Waals surface area (Å²) in [6.45, 7) is 1.86. The van der Waals surface area contributed by atoms with Gasteiger partial charge in [0.1, 0.15) is 0 Å². The lowest BCUT2D eigenvalue weighted by Gasteiger charge is -2.26. The van der Waals surface area contributed by atoms with Crippen LogP contribution in [-0.2, 0) is 6.42 Å². The summed E-state index contributed by atoms with van der Waals surface area (Å²) in [5, 5.41) is 10.2. The zero-order valence-corrected chi connectivity index (χ0v) is 10.8. The maximum absolute atomic E-state index is 11.6. The fourth-order valence-electron chi connectivity index (χ4n) is 2.57. The summed E-state index contributed by atoms with van der Waals surface area (Å²) in [6.07, 6.45) is 6.13. The van der Waals surface area contributed by atoms with Crippen LogP contribution in [0.3, 0.4) is 0 Å². The van der Waals surface area contributed by atoms with Crippen molar-refractivity contribution < 1.29 is 5.11 Å². The number of aromatic amines is 1. The maximum Gasteiger partial charge on any atom is 0.258 e. The zero-order valence-electron chi connectivity index (χ0n) is 10.0. The fraction of sp³-hybridized carbons (Fsp3) is 0.667.